The van der Waals surface area contributed by atoms with Crippen molar-refractivity contribution >= 4 is 11.6 Å². The first-order valence-corrected chi connectivity index (χ1v) is 8.70. The van der Waals surface area contributed by atoms with E-state index in [1.807, 2.05) is 24.3 Å². The molecule has 1 N–H and O–H groups in total. The number of furan rings is 1. The van der Waals surface area contributed by atoms with Crippen molar-refractivity contribution in [3.8, 4) is 11.6 Å². The van der Waals surface area contributed by atoms with Gasteiger partial charge in [-0.05, 0) is 36.2 Å². The molecule has 7 heteroatoms. The molecule has 1 aromatic carbocycles. The molecule has 3 aromatic rings. The molecule has 0 bridgehead atoms. The highest BCUT2D eigenvalue weighted by atomic mass is 16.5. The number of benzene rings is 1. The van der Waals surface area contributed by atoms with Crippen molar-refractivity contribution in [2.24, 2.45) is 0 Å². The molecule has 0 unspecified atom stereocenters. The van der Waals surface area contributed by atoms with E-state index in [1.165, 1.54) is 5.56 Å². The molecule has 0 aliphatic carbocycles. The summed E-state index contributed by atoms with van der Waals surface area (Å²) in [4.78, 5) is 18.6. The van der Waals surface area contributed by atoms with Crippen LogP contribution in [0, 0.1) is 0 Å². The summed E-state index contributed by atoms with van der Waals surface area (Å²) >= 11 is 0. The summed E-state index contributed by atoms with van der Waals surface area (Å²) in [5, 5.41) is 6.86. The van der Waals surface area contributed by atoms with Crippen LogP contribution in [0.25, 0.3) is 11.6 Å². The maximum Gasteiger partial charge on any atom is 0.238 e. The first kappa shape index (κ1) is 16.5. The first-order valence-electron chi connectivity index (χ1n) is 8.70. The van der Waals surface area contributed by atoms with Crippen LogP contribution in [0.5, 0.6) is 0 Å². The number of aryl methyl sites for hydroxylation is 1. The first-order chi connectivity index (χ1) is 12.7. The Bertz CT molecular complexity index is 865. The maximum atomic E-state index is 12.2. The number of likely N-dealkylation sites (tertiary alicyclic amines) is 1. The number of carbonyl (C=O) groups is 1. The Hall–Kier alpha value is -2.93. The number of nitrogens with one attached hydrogen (secondary N) is 1. The smallest absolute Gasteiger partial charge is 0.238 e. The van der Waals surface area contributed by atoms with Gasteiger partial charge in [0, 0.05) is 18.8 Å². The van der Waals surface area contributed by atoms with Crippen molar-refractivity contribution in [3.05, 3.63) is 54.1 Å². The van der Waals surface area contributed by atoms with Gasteiger partial charge < -0.3 is 14.3 Å². The van der Waals surface area contributed by atoms with Crippen LogP contribution in [0.2, 0.25) is 0 Å². The molecule has 0 radical (unpaired) electrons. The summed E-state index contributed by atoms with van der Waals surface area (Å²) in [6.45, 7) is 3.91. The molecule has 3 heterocycles. The minimum absolute atomic E-state index is 0.0190. The lowest BCUT2D eigenvalue weighted by Gasteiger charge is -2.36. The van der Waals surface area contributed by atoms with Gasteiger partial charge in [0.05, 0.1) is 18.7 Å². The van der Waals surface area contributed by atoms with E-state index in [1.54, 1.807) is 18.4 Å². The lowest BCUT2D eigenvalue weighted by Crippen LogP contribution is -2.48. The van der Waals surface area contributed by atoms with Crippen LogP contribution in [-0.2, 0) is 11.2 Å². The standard InChI is InChI=1S/C19H20N4O3/c1-2-13-5-7-15(8-6-13)20-17(24)12-23-10-14(11-23)19-21-18(22-26-19)16-4-3-9-25-16/h3-9,14H,2,10-12H2,1H3,(H,20,24). The predicted molar refractivity (Wildman–Crippen MR) is 95.6 cm³/mol. The molecular weight excluding hydrogens is 332 g/mol. The molecule has 26 heavy (non-hydrogen) atoms. The molecule has 1 aliphatic heterocycles. The monoisotopic (exact) mass is 352 g/mol. The van der Waals surface area contributed by atoms with E-state index in [2.05, 4.69) is 27.3 Å². The number of hydrogen-bond acceptors (Lipinski definition) is 6. The molecular formula is C19H20N4O3. The number of aromatic nitrogens is 2. The number of hydrogen-bond donors (Lipinski definition) is 1. The highest BCUT2D eigenvalue weighted by molar-refractivity contribution is 5.92. The Kier molecular flexibility index (Phi) is 4.53. The fraction of sp³-hybridized carbons (Fsp3) is 0.316. The average Bonchev–Trinajstić information content (AvgIpc) is 3.29. The summed E-state index contributed by atoms with van der Waals surface area (Å²) in [5.41, 5.74) is 2.08. The number of carbonyl (C=O) groups excluding carboxylic acids is 1. The van der Waals surface area contributed by atoms with Crippen molar-refractivity contribution in [1.29, 1.82) is 0 Å². The zero-order valence-electron chi connectivity index (χ0n) is 14.5. The van der Waals surface area contributed by atoms with Crippen LogP contribution in [-0.4, -0.2) is 40.6 Å². The number of anilines is 1. The third-order valence-electron chi connectivity index (χ3n) is 4.50. The molecule has 0 saturated carbocycles. The number of rotatable bonds is 6. The molecule has 134 valence electrons. The van der Waals surface area contributed by atoms with Crippen LogP contribution in [0.4, 0.5) is 5.69 Å². The molecule has 0 spiro atoms. The Morgan fingerprint density at radius 1 is 1.27 bits per heavy atom. The van der Waals surface area contributed by atoms with Gasteiger partial charge in [-0.15, -0.1) is 0 Å². The van der Waals surface area contributed by atoms with E-state index in [-0.39, 0.29) is 11.8 Å². The minimum atomic E-state index is -0.0190. The second kappa shape index (κ2) is 7.13. The van der Waals surface area contributed by atoms with Crippen LogP contribution in [0.1, 0.15) is 24.3 Å². The fourth-order valence-electron chi connectivity index (χ4n) is 2.99. The van der Waals surface area contributed by atoms with E-state index in [0.29, 0.717) is 24.0 Å². The van der Waals surface area contributed by atoms with Crippen LogP contribution < -0.4 is 5.32 Å². The van der Waals surface area contributed by atoms with Crippen molar-refractivity contribution in [2.45, 2.75) is 19.3 Å². The quantitative estimate of drug-likeness (QED) is 0.734. The fourth-order valence-corrected chi connectivity index (χ4v) is 2.99. The van der Waals surface area contributed by atoms with Crippen molar-refractivity contribution < 1.29 is 13.7 Å². The minimum Gasteiger partial charge on any atom is -0.461 e. The zero-order valence-corrected chi connectivity index (χ0v) is 14.5. The molecule has 0 atom stereocenters. The normalized spacial score (nSPS) is 15.0. The summed E-state index contributed by atoms with van der Waals surface area (Å²) in [7, 11) is 0. The van der Waals surface area contributed by atoms with Crippen LogP contribution in [0.3, 0.4) is 0 Å². The highest BCUT2D eigenvalue weighted by Gasteiger charge is 2.33. The topological polar surface area (TPSA) is 84.4 Å². The molecule has 1 saturated heterocycles. The molecule has 1 amide bonds. The lowest BCUT2D eigenvalue weighted by atomic mass is 10.0. The molecule has 1 fully saturated rings. The van der Waals surface area contributed by atoms with E-state index in [0.717, 1.165) is 25.2 Å². The van der Waals surface area contributed by atoms with Gasteiger partial charge in [0.25, 0.3) is 0 Å². The Balaban J connectivity index is 1.26. The summed E-state index contributed by atoms with van der Waals surface area (Å²) < 4.78 is 10.6. The summed E-state index contributed by atoms with van der Waals surface area (Å²) in [6, 6.07) is 11.5. The Labute approximate surface area is 151 Å². The Morgan fingerprint density at radius 3 is 2.77 bits per heavy atom. The SMILES string of the molecule is CCc1ccc(NC(=O)CN2CC(c3nc(-c4ccco4)no3)C2)cc1. The molecule has 2 aromatic heterocycles. The van der Waals surface area contributed by atoms with Crippen molar-refractivity contribution in [1.82, 2.24) is 15.0 Å². The van der Waals surface area contributed by atoms with E-state index in [9.17, 15) is 4.79 Å². The summed E-state index contributed by atoms with van der Waals surface area (Å²) in [5.74, 6) is 1.77. The summed E-state index contributed by atoms with van der Waals surface area (Å²) in [6.07, 6.45) is 2.56. The molecule has 7 nitrogen and oxygen atoms in total. The van der Waals surface area contributed by atoms with Crippen LogP contribution in [0.15, 0.2) is 51.6 Å². The third kappa shape index (κ3) is 3.52. The van der Waals surface area contributed by atoms with Gasteiger partial charge in [-0.25, -0.2) is 0 Å². The zero-order chi connectivity index (χ0) is 17.9. The van der Waals surface area contributed by atoms with Gasteiger partial charge in [0.15, 0.2) is 5.76 Å². The van der Waals surface area contributed by atoms with E-state index in [4.69, 9.17) is 8.94 Å². The molecule has 4 rings (SSSR count). The highest BCUT2D eigenvalue weighted by Crippen LogP contribution is 2.27. The van der Waals surface area contributed by atoms with Gasteiger partial charge in [-0.3, -0.25) is 9.69 Å². The molecule has 1 aliphatic rings. The van der Waals surface area contributed by atoms with Gasteiger partial charge >= 0.3 is 0 Å². The van der Waals surface area contributed by atoms with Gasteiger partial charge in [0.2, 0.25) is 17.6 Å². The van der Waals surface area contributed by atoms with Crippen molar-refractivity contribution in [3.63, 3.8) is 0 Å². The number of amides is 1. The second-order valence-electron chi connectivity index (χ2n) is 6.42. The predicted octanol–water partition coefficient (Wildman–Crippen LogP) is 2.93. The average molecular weight is 352 g/mol. The second-order valence-corrected chi connectivity index (χ2v) is 6.42. The number of nitrogens with zero attached hydrogens (tertiary/aromatic N) is 3. The lowest BCUT2D eigenvalue weighted by molar-refractivity contribution is -0.118. The van der Waals surface area contributed by atoms with Crippen molar-refractivity contribution in [2.75, 3.05) is 25.0 Å². The van der Waals surface area contributed by atoms with Gasteiger partial charge in [-0.2, -0.15) is 4.98 Å². The van der Waals surface area contributed by atoms with Gasteiger partial charge in [-0.1, -0.05) is 24.2 Å². The van der Waals surface area contributed by atoms with E-state index >= 15 is 0 Å². The largest absolute Gasteiger partial charge is 0.461 e. The Morgan fingerprint density at radius 2 is 2.08 bits per heavy atom. The van der Waals surface area contributed by atoms with E-state index < -0.39 is 0 Å². The third-order valence-corrected chi connectivity index (χ3v) is 4.50. The van der Waals surface area contributed by atoms with Gasteiger partial charge in [0.1, 0.15) is 0 Å². The maximum absolute atomic E-state index is 12.2. The van der Waals surface area contributed by atoms with Crippen LogP contribution >= 0.6 is 0 Å².